The Kier molecular flexibility index (Phi) is 5.35. The van der Waals surface area contributed by atoms with Gasteiger partial charge in [0.1, 0.15) is 17.4 Å². The second kappa shape index (κ2) is 6.49. The van der Waals surface area contributed by atoms with E-state index in [9.17, 15) is 33.0 Å². The summed E-state index contributed by atoms with van der Waals surface area (Å²) in [5.74, 6) is -4.66. The van der Waals surface area contributed by atoms with Crippen LogP contribution < -0.4 is 34.7 Å². The van der Waals surface area contributed by atoms with Gasteiger partial charge < -0.3 is 24.8 Å². The van der Waals surface area contributed by atoms with E-state index in [-0.39, 0.29) is 29.6 Å². The fraction of sp³-hybridized carbons (Fsp3) is 0.786. The van der Waals surface area contributed by atoms with Crippen molar-refractivity contribution in [3.63, 3.8) is 0 Å². The van der Waals surface area contributed by atoms with Crippen LogP contribution in [0.2, 0.25) is 0 Å². The van der Waals surface area contributed by atoms with Crippen molar-refractivity contribution in [3.05, 3.63) is 0 Å². The molecular formula is C14H19N2NaO7S. The van der Waals surface area contributed by atoms with E-state index in [0.29, 0.717) is 13.1 Å². The Morgan fingerprint density at radius 2 is 1.80 bits per heavy atom. The van der Waals surface area contributed by atoms with Crippen LogP contribution in [0.4, 0.5) is 0 Å². The minimum absolute atomic E-state index is 0. The van der Waals surface area contributed by atoms with Gasteiger partial charge >= 0.3 is 29.6 Å². The van der Waals surface area contributed by atoms with Crippen molar-refractivity contribution < 1.29 is 62.6 Å². The molecule has 0 aromatic rings. The van der Waals surface area contributed by atoms with Crippen molar-refractivity contribution in [3.8, 4) is 0 Å². The molecule has 0 aliphatic carbocycles. The van der Waals surface area contributed by atoms with Crippen LogP contribution >= 0.6 is 0 Å². The van der Waals surface area contributed by atoms with E-state index in [1.54, 1.807) is 0 Å². The quantitative estimate of drug-likeness (QED) is 0.379. The number of likely N-dealkylation sites (tertiary alicyclic amines) is 1. The monoisotopic (exact) mass is 382 g/mol. The SMILES string of the molecule is CC1(C)[C@H](C(=O)[O-])N2C(=O)[C@@H]([C@H](O)C(=O)N3CCCC3)[C@H]2S1(=O)=O.[Na+]. The molecule has 3 heterocycles. The number of aliphatic carboxylic acids is 1. The number of sulfone groups is 1. The molecule has 2 amide bonds. The van der Waals surface area contributed by atoms with Crippen molar-refractivity contribution in [1.82, 2.24) is 9.80 Å². The Hall–Kier alpha value is -0.680. The van der Waals surface area contributed by atoms with Gasteiger partial charge in [0.15, 0.2) is 9.84 Å². The molecule has 3 aliphatic rings. The summed E-state index contributed by atoms with van der Waals surface area (Å²) in [4.78, 5) is 38.1. The maximum atomic E-state index is 12.7. The number of fused-ring (bicyclic) bond motifs is 1. The van der Waals surface area contributed by atoms with Crippen LogP contribution in [0.15, 0.2) is 0 Å². The number of aliphatic hydroxyl groups excluding tert-OH is 1. The van der Waals surface area contributed by atoms with Crippen molar-refractivity contribution in [2.45, 2.75) is 49.0 Å². The molecule has 134 valence electrons. The fourth-order valence-corrected chi connectivity index (χ4v) is 6.21. The predicted molar refractivity (Wildman–Crippen MR) is 77.7 cm³/mol. The molecule has 3 saturated heterocycles. The van der Waals surface area contributed by atoms with Gasteiger partial charge in [0.05, 0.1) is 16.8 Å². The topological polar surface area (TPSA) is 135 Å². The number of amides is 2. The van der Waals surface area contributed by atoms with E-state index in [1.807, 2.05) is 0 Å². The number of carboxylic acid groups (broad SMARTS) is 1. The molecule has 0 bridgehead atoms. The van der Waals surface area contributed by atoms with Gasteiger partial charge in [-0.05, 0) is 26.7 Å². The molecule has 3 aliphatic heterocycles. The van der Waals surface area contributed by atoms with Crippen LogP contribution in [-0.2, 0) is 24.2 Å². The zero-order valence-corrected chi connectivity index (χ0v) is 17.2. The number of nitrogens with zero attached hydrogens (tertiary/aromatic N) is 2. The predicted octanol–water partition coefficient (Wildman–Crippen LogP) is -5.92. The fourth-order valence-electron chi connectivity index (χ4n) is 3.90. The average molecular weight is 382 g/mol. The average Bonchev–Trinajstić information content (AvgIpc) is 3.04. The Morgan fingerprint density at radius 1 is 1.28 bits per heavy atom. The second-order valence-corrected chi connectivity index (χ2v) is 9.63. The van der Waals surface area contributed by atoms with Crippen molar-refractivity contribution in [2.75, 3.05) is 13.1 Å². The largest absolute Gasteiger partial charge is 1.00 e. The number of rotatable bonds is 3. The summed E-state index contributed by atoms with van der Waals surface area (Å²) in [5.41, 5.74) is 0. The molecule has 3 fully saturated rings. The minimum atomic E-state index is -4.09. The first-order chi connectivity index (χ1) is 11.0. The summed E-state index contributed by atoms with van der Waals surface area (Å²) >= 11 is 0. The van der Waals surface area contributed by atoms with Gasteiger partial charge in [0.2, 0.25) is 5.91 Å². The zero-order valence-electron chi connectivity index (χ0n) is 14.3. The van der Waals surface area contributed by atoms with Gasteiger partial charge in [-0.3, -0.25) is 9.59 Å². The molecule has 1 N–H and O–H groups in total. The van der Waals surface area contributed by atoms with Crippen LogP contribution in [0.1, 0.15) is 26.7 Å². The first-order valence-corrected chi connectivity index (χ1v) is 9.31. The third-order valence-corrected chi connectivity index (χ3v) is 8.19. The number of hydrogen-bond donors (Lipinski definition) is 1. The first-order valence-electron chi connectivity index (χ1n) is 7.77. The molecule has 0 unspecified atom stereocenters. The number of carbonyl (C=O) groups excluding carboxylic acids is 3. The summed E-state index contributed by atoms with van der Waals surface area (Å²) in [6.07, 6.45) is -0.224. The first kappa shape index (κ1) is 20.6. The van der Waals surface area contributed by atoms with Crippen molar-refractivity contribution in [1.29, 1.82) is 0 Å². The van der Waals surface area contributed by atoms with Crippen LogP contribution in [0.25, 0.3) is 0 Å². The summed E-state index contributed by atoms with van der Waals surface area (Å²) < 4.78 is 23.6. The molecule has 11 heteroatoms. The van der Waals surface area contributed by atoms with Crippen LogP contribution in [0.3, 0.4) is 0 Å². The maximum Gasteiger partial charge on any atom is 1.00 e. The summed E-state index contributed by atoms with van der Waals surface area (Å²) in [6.45, 7) is 3.32. The van der Waals surface area contributed by atoms with E-state index in [2.05, 4.69) is 0 Å². The maximum absolute atomic E-state index is 12.7. The van der Waals surface area contributed by atoms with Crippen molar-refractivity contribution in [2.24, 2.45) is 5.92 Å². The zero-order chi connectivity index (χ0) is 18.0. The number of aliphatic hydroxyl groups is 1. The molecule has 9 nitrogen and oxygen atoms in total. The van der Waals surface area contributed by atoms with E-state index >= 15 is 0 Å². The molecule has 25 heavy (non-hydrogen) atoms. The standard InChI is InChI=1S/C14H20N2O7S.Na/c1-14(2)9(13(20)21)16-10(18)7(12(16)24(14,22)23)8(17)11(19)15-5-3-4-6-15;/h7-9,12,17H,3-6H2,1-2H3,(H,20,21);/q;+1/p-1/t7-,8+,9+,12-;/m1./s1. The molecule has 4 atom stereocenters. The van der Waals surface area contributed by atoms with Crippen LogP contribution in [-0.4, -0.2) is 76.5 Å². The third-order valence-electron chi connectivity index (χ3n) is 5.34. The molecule has 0 spiro atoms. The van der Waals surface area contributed by atoms with E-state index < -0.39 is 55.8 Å². The molecule has 0 radical (unpaired) electrons. The Bertz CT molecular complexity index is 717. The number of β-lactam (4-membered cyclic amide) rings is 1. The Labute approximate surface area is 167 Å². The van der Waals surface area contributed by atoms with E-state index in [1.165, 1.54) is 18.7 Å². The second-order valence-electron chi connectivity index (χ2n) is 7.01. The Morgan fingerprint density at radius 3 is 2.28 bits per heavy atom. The molecule has 3 rings (SSSR count). The number of carboxylic acids is 1. The minimum Gasteiger partial charge on any atom is -0.548 e. The van der Waals surface area contributed by atoms with Gasteiger partial charge in [-0.2, -0.15) is 0 Å². The van der Waals surface area contributed by atoms with Crippen molar-refractivity contribution >= 4 is 27.6 Å². The van der Waals surface area contributed by atoms with Gasteiger partial charge in [-0.1, -0.05) is 0 Å². The van der Waals surface area contributed by atoms with E-state index in [0.717, 1.165) is 17.7 Å². The summed E-state index contributed by atoms with van der Waals surface area (Å²) in [7, 11) is -4.09. The van der Waals surface area contributed by atoms with Gasteiger partial charge in [-0.25, -0.2) is 8.42 Å². The Balaban J connectivity index is 0.00000225. The molecule has 0 aromatic heterocycles. The molecule has 0 aromatic carbocycles. The smallest absolute Gasteiger partial charge is 0.548 e. The van der Waals surface area contributed by atoms with Crippen LogP contribution in [0, 0.1) is 5.92 Å². The number of carbonyl (C=O) groups is 3. The molecule has 0 saturated carbocycles. The van der Waals surface area contributed by atoms with Gasteiger partial charge in [-0.15, -0.1) is 0 Å². The summed E-state index contributed by atoms with van der Waals surface area (Å²) in [5, 5.41) is 20.1. The van der Waals surface area contributed by atoms with Gasteiger partial charge in [0, 0.05) is 13.1 Å². The third kappa shape index (κ3) is 2.64. The summed E-state index contributed by atoms with van der Waals surface area (Å²) in [6, 6.07) is -1.63. The van der Waals surface area contributed by atoms with E-state index in [4.69, 9.17) is 0 Å². The normalized spacial score (nSPS) is 33.2. The van der Waals surface area contributed by atoms with Crippen LogP contribution in [0.5, 0.6) is 0 Å². The number of hydrogen-bond acceptors (Lipinski definition) is 7. The van der Waals surface area contributed by atoms with Gasteiger partial charge in [0.25, 0.3) is 5.91 Å². The molecular weight excluding hydrogens is 363 g/mol.